The van der Waals surface area contributed by atoms with Crippen LogP contribution in [0.1, 0.15) is 11.5 Å². The van der Waals surface area contributed by atoms with E-state index in [1.165, 1.54) is 5.56 Å². The van der Waals surface area contributed by atoms with E-state index < -0.39 is 0 Å². The van der Waals surface area contributed by atoms with E-state index in [1.807, 2.05) is 37.0 Å². The molecule has 0 radical (unpaired) electrons. The second kappa shape index (κ2) is 5.98. The fourth-order valence-corrected chi connectivity index (χ4v) is 2.52. The van der Waals surface area contributed by atoms with Gasteiger partial charge in [-0.2, -0.15) is 10.1 Å². The summed E-state index contributed by atoms with van der Waals surface area (Å²) in [5, 5.41) is 12.8. The summed E-state index contributed by atoms with van der Waals surface area (Å²) in [5.41, 5.74) is 1.20. The molecule has 6 nitrogen and oxygen atoms in total. The number of H-pyrrole nitrogens is 1. The van der Waals surface area contributed by atoms with E-state index in [0.29, 0.717) is 18.3 Å². The van der Waals surface area contributed by atoms with Gasteiger partial charge in [0.1, 0.15) is 0 Å². The van der Waals surface area contributed by atoms with Crippen LogP contribution in [0.15, 0.2) is 34.4 Å². The van der Waals surface area contributed by atoms with Crippen LogP contribution in [0.2, 0.25) is 0 Å². The molecular weight excluding hydrogens is 274 g/mol. The predicted molar refractivity (Wildman–Crippen MR) is 76.2 cm³/mol. The third-order valence-corrected chi connectivity index (χ3v) is 3.82. The Bertz CT molecular complexity index is 632. The number of nitrogens with one attached hydrogen (secondary N) is 1. The first-order valence-corrected chi connectivity index (χ1v) is 7.22. The summed E-state index contributed by atoms with van der Waals surface area (Å²) in [6, 6.07) is 3.97. The summed E-state index contributed by atoms with van der Waals surface area (Å²) in [6.07, 6.45) is 4.70. The predicted octanol–water partition coefficient (Wildman–Crippen LogP) is 2.20. The van der Waals surface area contributed by atoms with Gasteiger partial charge in [-0.15, -0.1) is 11.3 Å². The monoisotopic (exact) mass is 289 g/mol. The maximum absolute atomic E-state index is 5.28. The molecule has 0 saturated heterocycles. The van der Waals surface area contributed by atoms with Crippen molar-refractivity contribution in [3.8, 4) is 10.7 Å². The smallest absolute Gasteiger partial charge is 0.241 e. The fraction of sp³-hybridized carbons (Fsp3) is 0.308. The van der Waals surface area contributed by atoms with Crippen molar-refractivity contribution in [1.82, 2.24) is 25.2 Å². The Hall–Kier alpha value is -1.99. The van der Waals surface area contributed by atoms with Gasteiger partial charge in [0.2, 0.25) is 11.7 Å². The Kier molecular flexibility index (Phi) is 3.89. The van der Waals surface area contributed by atoms with Crippen molar-refractivity contribution in [3.63, 3.8) is 0 Å². The van der Waals surface area contributed by atoms with Crippen molar-refractivity contribution in [2.45, 2.75) is 13.0 Å². The zero-order valence-electron chi connectivity index (χ0n) is 11.1. The Labute approximate surface area is 120 Å². The lowest BCUT2D eigenvalue weighted by molar-refractivity contribution is 0.269. The normalized spacial score (nSPS) is 11.3. The summed E-state index contributed by atoms with van der Waals surface area (Å²) in [5.74, 6) is 1.31. The maximum atomic E-state index is 5.28. The number of rotatable bonds is 6. The van der Waals surface area contributed by atoms with E-state index in [1.54, 1.807) is 11.3 Å². The maximum Gasteiger partial charge on any atom is 0.241 e. The zero-order chi connectivity index (χ0) is 13.8. The molecule has 1 N–H and O–H groups in total. The topological polar surface area (TPSA) is 70.8 Å². The van der Waals surface area contributed by atoms with Crippen molar-refractivity contribution in [2.24, 2.45) is 0 Å². The SMILES string of the molecule is CN(CCc1cn[nH]c1)Cc1nc(-c2cccs2)no1. The first-order valence-electron chi connectivity index (χ1n) is 6.34. The van der Waals surface area contributed by atoms with Crippen molar-refractivity contribution >= 4 is 11.3 Å². The highest BCUT2D eigenvalue weighted by atomic mass is 32.1. The Morgan fingerprint density at radius 1 is 1.45 bits per heavy atom. The van der Waals surface area contributed by atoms with Gasteiger partial charge in [-0.25, -0.2) is 0 Å². The van der Waals surface area contributed by atoms with Crippen molar-refractivity contribution < 1.29 is 4.52 Å². The van der Waals surface area contributed by atoms with Gasteiger partial charge in [-0.3, -0.25) is 10.00 Å². The van der Waals surface area contributed by atoms with Crippen LogP contribution < -0.4 is 0 Å². The second-order valence-corrected chi connectivity index (χ2v) is 5.53. The van der Waals surface area contributed by atoms with Gasteiger partial charge >= 0.3 is 0 Å². The van der Waals surface area contributed by atoms with Crippen molar-refractivity contribution in [3.05, 3.63) is 41.4 Å². The Morgan fingerprint density at radius 3 is 3.15 bits per heavy atom. The average molecular weight is 289 g/mol. The highest BCUT2D eigenvalue weighted by Gasteiger charge is 2.11. The highest BCUT2D eigenvalue weighted by Crippen LogP contribution is 2.21. The minimum atomic E-state index is 0.642. The lowest BCUT2D eigenvalue weighted by Crippen LogP contribution is -2.20. The molecule has 0 amide bonds. The van der Waals surface area contributed by atoms with Gasteiger partial charge in [-0.1, -0.05) is 11.2 Å². The standard InChI is InChI=1S/C13H15N5OS/c1-18(5-4-10-7-14-15-8-10)9-12-16-13(17-19-12)11-3-2-6-20-11/h2-3,6-8H,4-5,9H2,1H3,(H,14,15). The fourth-order valence-electron chi connectivity index (χ4n) is 1.87. The summed E-state index contributed by atoms with van der Waals surface area (Å²) in [4.78, 5) is 7.59. The second-order valence-electron chi connectivity index (χ2n) is 4.58. The molecule has 0 spiro atoms. The number of nitrogens with zero attached hydrogens (tertiary/aromatic N) is 4. The van der Waals surface area contributed by atoms with Gasteiger partial charge in [0.05, 0.1) is 17.6 Å². The average Bonchev–Trinajstić information content (AvgIpc) is 3.18. The van der Waals surface area contributed by atoms with Crippen LogP contribution >= 0.6 is 11.3 Å². The van der Waals surface area contributed by atoms with Gasteiger partial charge in [0.15, 0.2) is 0 Å². The third-order valence-electron chi connectivity index (χ3n) is 2.95. The highest BCUT2D eigenvalue weighted by molar-refractivity contribution is 7.13. The third kappa shape index (κ3) is 3.12. The quantitative estimate of drug-likeness (QED) is 0.753. The van der Waals surface area contributed by atoms with Crippen LogP contribution in [0, 0.1) is 0 Å². The van der Waals surface area contributed by atoms with E-state index in [0.717, 1.165) is 17.8 Å². The number of likely N-dealkylation sites (N-methyl/N-ethyl adjacent to an activating group) is 1. The van der Waals surface area contributed by atoms with Gasteiger partial charge in [0.25, 0.3) is 0 Å². The van der Waals surface area contributed by atoms with E-state index in [9.17, 15) is 0 Å². The molecule has 3 rings (SSSR count). The zero-order valence-corrected chi connectivity index (χ0v) is 11.9. The molecule has 104 valence electrons. The van der Waals surface area contributed by atoms with Crippen LogP contribution in [0.4, 0.5) is 0 Å². The molecule has 3 heterocycles. The minimum Gasteiger partial charge on any atom is -0.338 e. The van der Waals surface area contributed by atoms with E-state index >= 15 is 0 Å². The van der Waals surface area contributed by atoms with Crippen molar-refractivity contribution in [2.75, 3.05) is 13.6 Å². The molecule has 0 aliphatic rings. The molecule has 0 atom stereocenters. The molecule has 0 bridgehead atoms. The lowest BCUT2D eigenvalue weighted by Gasteiger charge is -2.12. The van der Waals surface area contributed by atoms with Crippen molar-refractivity contribution in [1.29, 1.82) is 0 Å². The number of hydrogen-bond donors (Lipinski definition) is 1. The van der Waals surface area contributed by atoms with Crippen LogP contribution in [-0.4, -0.2) is 38.8 Å². The molecule has 7 heteroatoms. The molecule has 0 unspecified atom stereocenters. The molecule has 3 aromatic rings. The molecule has 0 aliphatic carbocycles. The summed E-state index contributed by atoms with van der Waals surface area (Å²) >= 11 is 1.61. The van der Waals surface area contributed by atoms with Crippen LogP contribution in [0.5, 0.6) is 0 Å². The Morgan fingerprint density at radius 2 is 2.40 bits per heavy atom. The number of aromatic nitrogens is 4. The van der Waals surface area contributed by atoms with Crippen LogP contribution in [0.3, 0.4) is 0 Å². The number of hydrogen-bond acceptors (Lipinski definition) is 6. The van der Waals surface area contributed by atoms with Crippen LogP contribution in [0.25, 0.3) is 10.7 Å². The summed E-state index contributed by atoms with van der Waals surface area (Å²) in [6.45, 7) is 1.56. The Balaban J connectivity index is 1.55. The summed E-state index contributed by atoms with van der Waals surface area (Å²) < 4.78 is 5.28. The molecular formula is C13H15N5OS. The van der Waals surface area contributed by atoms with E-state index in [4.69, 9.17) is 4.52 Å². The molecule has 0 aliphatic heterocycles. The van der Waals surface area contributed by atoms with E-state index in [-0.39, 0.29) is 0 Å². The lowest BCUT2D eigenvalue weighted by atomic mass is 10.2. The molecule has 0 saturated carbocycles. The number of aromatic amines is 1. The van der Waals surface area contributed by atoms with Gasteiger partial charge in [-0.05, 0) is 30.5 Å². The first kappa shape index (κ1) is 13.0. The molecule has 0 aromatic carbocycles. The van der Waals surface area contributed by atoms with Gasteiger partial charge in [0, 0.05) is 12.7 Å². The molecule has 3 aromatic heterocycles. The van der Waals surface area contributed by atoms with Gasteiger partial charge < -0.3 is 4.52 Å². The molecule has 0 fully saturated rings. The minimum absolute atomic E-state index is 0.642. The largest absolute Gasteiger partial charge is 0.338 e. The van der Waals surface area contributed by atoms with E-state index in [2.05, 4.69) is 25.2 Å². The number of thiophene rings is 1. The summed E-state index contributed by atoms with van der Waals surface area (Å²) in [7, 11) is 2.04. The van der Waals surface area contributed by atoms with Crippen LogP contribution in [-0.2, 0) is 13.0 Å². The molecule has 20 heavy (non-hydrogen) atoms. The first-order chi connectivity index (χ1) is 9.81.